The first-order chi connectivity index (χ1) is 20.9. The standard InChI is InChI=1S/C36H37N3O4.ClH/c1-25-31(34(40)41)33(30-17-10-9-12-27(30)24-37)32(26(2)38-25)35(42)43-23-11-20-39-21-18-36(19-22-39,28-13-5-3-6-14-28)29-15-7-4-8-16-29;/h3-10,12-17,33,38H,11,18-23H2,1-2H3,(H,40,41);1H. The van der Waals surface area contributed by atoms with Crippen LogP contribution in [0.15, 0.2) is 107 Å². The van der Waals surface area contributed by atoms with Gasteiger partial charge in [-0.05, 0) is 69.0 Å². The summed E-state index contributed by atoms with van der Waals surface area (Å²) >= 11 is 0. The number of esters is 1. The highest BCUT2D eigenvalue weighted by Gasteiger charge is 2.39. The number of allylic oxidation sites excluding steroid dienone is 2. The number of ether oxygens (including phenoxy) is 1. The largest absolute Gasteiger partial charge is 0.478 e. The van der Waals surface area contributed by atoms with E-state index in [4.69, 9.17) is 4.74 Å². The molecule has 8 heteroatoms. The van der Waals surface area contributed by atoms with Crippen LogP contribution < -0.4 is 5.32 Å². The van der Waals surface area contributed by atoms with E-state index in [2.05, 4.69) is 76.9 Å². The van der Waals surface area contributed by atoms with Crippen LogP contribution >= 0.6 is 12.4 Å². The predicted octanol–water partition coefficient (Wildman–Crippen LogP) is 6.31. The highest BCUT2D eigenvalue weighted by atomic mass is 35.5. The van der Waals surface area contributed by atoms with Crippen molar-refractivity contribution in [3.05, 3.63) is 130 Å². The lowest BCUT2D eigenvalue weighted by molar-refractivity contribution is -0.139. The molecule has 1 fully saturated rings. The van der Waals surface area contributed by atoms with Crippen LogP contribution in [-0.2, 0) is 19.7 Å². The maximum atomic E-state index is 13.5. The average Bonchev–Trinajstić information content (AvgIpc) is 3.03. The Bertz CT molecular complexity index is 1540. The van der Waals surface area contributed by atoms with Crippen molar-refractivity contribution in [1.29, 1.82) is 5.26 Å². The summed E-state index contributed by atoms with van der Waals surface area (Å²) in [6, 6.07) is 30.4. The van der Waals surface area contributed by atoms with Crippen LogP contribution in [0.4, 0.5) is 0 Å². The topological polar surface area (TPSA) is 103 Å². The first-order valence-electron chi connectivity index (χ1n) is 14.8. The van der Waals surface area contributed by atoms with Gasteiger partial charge >= 0.3 is 11.9 Å². The van der Waals surface area contributed by atoms with Gasteiger partial charge in [0.2, 0.25) is 0 Å². The van der Waals surface area contributed by atoms with Gasteiger partial charge in [-0.25, -0.2) is 9.59 Å². The van der Waals surface area contributed by atoms with Gasteiger partial charge in [-0.15, -0.1) is 12.4 Å². The molecule has 0 radical (unpaired) electrons. The first-order valence-corrected chi connectivity index (χ1v) is 14.8. The Morgan fingerprint density at radius 3 is 2.02 bits per heavy atom. The van der Waals surface area contributed by atoms with Gasteiger partial charge in [0, 0.05) is 23.4 Å². The number of dihydropyridines is 1. The number of carbonyl (C=O) groups excluding carboxylic acids is 1. The van der Waals surface area contributed by atoms with Crippen molar-refractivity contribution in [2.45, 2.75) is 44.4 Å². The Hall–Kier alpha value is -4.38. The lowest BCUT2D eigenvalue weighted by Gasteiger charge is -2.43. The van der Waals surface area contributed by atoms with Gasteiger partial charge in [0.05, 0.1) is 35.3 Å². The number of nitrogens with one attached hydrogen (secondary N) is 1. The zero-order valence-corrected chi connectivity index (χ0v) is 25.9. The molecule has 3 aromatic rings. The summed E-state index contributed by atoms with van der Waals surface area (Å²) < 4.78 is 5.75. The third kappa shape index (κ3) is 6.57. The molecule has 2 aliphatic rings. The number of halogens is 1. The van der Waals surface area contributed by atoms with Crippen LogP contribution in [0.25, 0.3) is 0 Å². The molecule has 7 nitrogen and oxygen atoms in total. The fraction of sp³-hybridized carbons (Fsp3) is 0.306. The summed E-state index contributed by atoms with van der Waals surface area (Å²) in [5.41, 5.74) is 4.69. The maximum Gasteiger partial charge on any atom is 0.336 e. The molecular weight excluding hydrogens is 574 g/mol. The van der Waals surface area contributed by atoms with E-state index in [1.54, 1.807) is 38.1 Å². The second kappa shape index (κ2) is 14.4. The van der Waals surface area contributed by atoms with Gasteiger partial charge in [0.25, 0.3) is 0 Å². The number of hydrogen-bond donors (Lipinski definition) is 2. The van der Waals surface area contributed by atoms with Crippen LogP contribution in [0.5, 0.6) is 0 Å². The number of aliphatic carboxylic acids is 1. The first kappa shape index (κ1) is 32.5. The normalized spacial score (nSPS) is 18.1. The Morgan fingerprint density at radius 1 is 0.909 bits per heavy atom. The summed E-state index contributed by atoms with van der Waals surface area (Å²) in [5, 5.41) is 22.8. The van der Waals surface area contributed by atoms with E-state index >= 15 is 0 Å². The summed E-state index contributed by atoms with van der Waals surface area (Å²) in [5.74, 6) is -2.62. The van der Waals surface area contributed by atoms with Gasteiger partial charge < -0.3 is 20.1 Å². The van der Waals surface area contributed by atoms with Crippen molar-refractivity contribution in [2.24, 2.45) is 0 Å². The molecule has 3 aromatic carbocycles. The van der Waals surface area contributed by atoms with E-state index < -0.39 is 17.9 Å². The third-order valence-electron chi connectivity index (χ3n) is 8.82. The number of carboxylic acid groups (broad SMARTS) is 1. The second-order valence-corrected chi connectivity index (χ2v) is 11.3. The summed E-state index contributed by atoms with van der Waals surface area (Å²) in [6.45, 7) is 6.28. The Morgan fingerprint density at radius 2 is 1.45 bits per heavy atom. The minimum Gasteiger partial charge on any atom is -0.478 e. The van der Waals surface area contributed by atoms with E-state index in [0.29, 0.717) is 28.9 Å². The zero-order chi connectivity index (χ0) is 30.4. The maximum absolute atomic E-state index is 13.5. The number of rotatable bonds is 9. The molecule has 0 aliphatic carbocycles. The molecule has 0 spiro atoms. The minimum absolute atomic E-state index is 0. The van der Waals surface area contributed by atoms with Gasteiger partial charge in [-0.3, -0.25) is 0 Å². The Kier molecular flexibility index (Phi) is 10.6. The predicted molar refractivity (Wildman–Crippen MR) is 172 cm³/mol. The Labute approximate surface area is 265 Å². The van der Waals surface area contributed by atoms with E-state index in [1.165, 1.54) is 11.1 Å². The smallest absolute Gasteiger partial charge is 0.336 e. The number of benzene rings is 3. The molecule has 44 heavy (non-hydrogen) atoms. The summed E-state index contributed by atoms with van der Waals surface area (Å²) in [7, 11) is 0. The van der Waals surface area contributed by atoms with Crippen molar-refractivity contribution in [3.8, 4) is 6.07 Å². The number of piperidine rings is 1. The number of likely N-dealkylation sites (tertiary alicyclic amines) is 1. The molecule has 2 aliphatic heterocycles. The van der Waals surface area contributed by atoms with Crippen molar-refractivity contribution in [2.75, 3.05) is 26.2 Å². The van der Waals surface area contributed by atoms with E-state index in [1.807, 2.05) is 0 Å². The Balaban J connectivity index is 0.00000442. The molecule has 2 heterocycles. The van der Waals surface area contributed by atoms with E-state index in [0.717, 1.165) is 32.5 Å². The molecule has 5 rings (SSSR count). The van der Waals surface area contributed by atoms with Gasteiger partial charge in [-0.2, -0.15) is 5.26 Å². The molecular formula is C36H38ClN3O4. The van der Waals surface area contributed by atoms with Crippen LogP contribution in [0, 0.1) is 11.3 Å². The highest BCUT2D eigenvalue weighted by Crippen LogP contribution is 2.42. The number of carboxylic acids is 1. The molecule has 1 unspecified atom stereocenters. The van der Waals surface area contributed by atoms with Crippen LogP contribution in [0.1, 0.15) is 61.3 Å². The molecule has 0 aromatic heterocycles. The number of nitriles is 1. The molecule has 0 bridgehead atoms. The molecule has 228 valence electrons. The minimum atomic E-state index is -1.15. The molecule has 1 atom stereocenters. The van der Waals surface area contributed by atoms with Crippen molar-refractivity contribution in [1.82, 2.24) is 10.2 Å². The van der Waals surface area contributed by atoms with Crippen molar-refractivity contribution in [3.63, 3.8) is 0 Å². The number of hydrogen-bond acceptors (Lipinski definition) is 6. The summed E-state index contributed by atoms with van der Waals surface area (Å²) in [4.78, 5) is 28.2. The number of carbonyl (C=O) groups is 2. The second-order valence-electron chi connectivity index (χ2n) is 11.3. The zero-order valence-electron chi connectivity index (χ0n) is 25.1. The average molecular weight is 612 g/mol. The summed E-state index contributed by atoms with van der Waals surface area (Å²) in [6.07, 6.45) is 2.67. The van der Waals surface area contributed by atoms with E-state index in [-0.39, 0.29) is 35.6 Å². The molecule has 1 saturated heterocycles. The SMILES string of the molecule is CC1=C(C(=O)O)C(c2ccccc2C#N)C(C(=O)OCCCN2CCC(c3ccccc3)(c3ccccc3)CC2)=C(C)N1.Cl. The van der Waals surface area contributed by atoms with Crippen LogP contribution in [-0.4, -0.2) is 48.2 Å². The van der Waals surface area contributed by atoms with Crippen LogP contribution in [0.3, 0.4) is 0 Å². The number of nitrogens with zero attached hydrogens (tertiary/aromatic N) is 2. The van der Waals surface area contributed by atoms with Gasteiger partial charge in [-0.1, -0.05) is 78.9 Å². The molecule has 0 amide bonds. The third-order valence-corrected chi connectivity index (χ3v) is 8.82. The fourth-order valence-electron chi connectivity index (χ4n) is 6.66. The van der Waals surface area contributed by atoms with E-state index in [9.17, 15) is 20.0 Å². The monoisotopic (exact) mass is 611 g/mol. The fourth-order valence-corrected chi connectivity index (χ4v) is 6.66. The van der Waals surface area contributed by atoms with Crippen LogP contribution in [0.2, 0.25) is 0 Å². The van der Waals surface area contributed by atoms with Gasteiger partial charge in [0.1, 0.15) is 0 Å². The van der Waals surface area contributed by atoms with Crippen molar-refractivity contribution < 1.29 is 19.4 Å². The van der Waals surface area contributed by atoms with Gasteiger partial charge in [0.15, 0.2) is 0 Å². The van der Waals surface area contributed by atoms with Crippen molar-refractivity contribution >= 4 is 24.3 Å². The lowest BCUT2D eigenvalue weighted by Crippen LogP contribution is -2.43. The molecule has 0 saturated carbocycles. The molecule has 2 N–H and O–H groups in total. The quantitative estimate of drug-likeness (QED) is 0.216. The highest BCUT2D eigenvalue weighted by molar-refractivity contribution is 5.99. The lowest BCUT2D eigenvalue weighted by atomic mass is 9.68.